The molecule has 1 saturated heterocycles. The molecular weight excluding hydrogens is 232 g/mol. The lowest BCUT2D eigenvalue weighted by Gasteiger charge is -2.19. The topological polar surface area (TPSA) is 92.1 Å². The van der Waals surface area contributed by atoms with Crippen molar-refractivity contribution in [1.82, 2.24) is 14.9 Å². The van der Waals surface area contributed by atoms with E-state index in [1.807, 2.05) is 0 Å². The summed E-state index contributed by atoms with van der Waals surface area (Å²) in [5.41, 5.74) is 5.60. The van der Waals surface area contributed by atoms with Crippen LogP contribution in [0.1, 0.15) is 35.4 Å². The summed E-state index contributed by atoms with van der Waals surface area (Å²) in [5.74, 6) is 0.257. The Morgan fingerprint density at radius 1 is 1.50 bits per heavy atom. The molecule has 0 bridgehead atoms. The van der Waals surface area contributed by atoms with E-state index in [9.17, 15) is 9.59 Å². The first-order valence-electron chi connectivity index (χ1n) is 6.18. The number of nitrogens with two attached hydrogens (primary N) is 1. The Morgan fingerprint density at radius 2 is 2.28 bits per heavy atom. The number of aromatic amines is 1. The van der Waals surface area contributed by atoms with Gasteiger partial charge in [-0.15, -0.1) is 0 Å². The summed E-state index contributed by atoms with van der Waals surface area (Å²) in [4.78, 5) is 32.1. The van der Waals surface area contributed by atoms with Gasteiger partial charge in [0, 0.05) is 25.3 Å². The lowest BCUT2D eigenvalue weighted by molar-refractivity contribution is 0.0759. The Labute approximate surface area is 105 Å². The molecule has 1 fully saturated rings. The number of nitrogens with one attached hydrogen (secondary N) is 1. The van der Waals surface area contributed by atoms with Crippen LogP contribution in [0.3, 0.4) is 0 Å². The number of carbonyl (C=O) groups excluding carboxylic acids is 1. The van der Waals surface area contributed by atoms with E-state index in [-0.39, 0.29) is 23.1 Å². The number of H-pyrrole nitrogens is 1. The van der Waals surface area contributed by atoms with Crippen LogP contribution in [0.5, 0.6) is 0 Å². The first-order valence-corrected chi connectivity index (χ1v) is 6.18. The van der Waals surface area contributed by atoms with Gasteiger partial charge in [-0.25, -0.2) is 4.98 Å². The van der Waals surface area contributed by atoms with Gasteiger partial charge in [-0.05, 0) is 26.2 Å². The van der Waals surface area contributed by atoms with Crippen molar-refractivity contribution in [1.29, 1.82) is 0 Å². The van der Waals surface area contributed by atoms with E-state index >= 15 is 0 Å². The Morgan fingerprint density at radius 3 is 3.00 bits per heavy atom. The molecule has 1 aromatic rings. The molecule has 0 spiro atoms. The first-order chi connectivity index (χ1) is 8.58. The summed E-state index contributed by atoms with van der Waals surface area (Å²) in [6.07, 6.45) is 3.93. The highest BCUT2D eigenvalue weighted by Gasteiger charge is 2.22. The summed E-state index contributed by atoms with van der Waals surface area (Å²) >= 11 is 0. The van der Waals surface area contributed by atoms with Crippen LogP contribution in [0.4, 0.5) is 0 Å². The molecule has 2 heterocycles. The van der Waals surface area contributed by atoms with Crippen LogP contribution < -0.4 is 11.3 Å². The quantitative estimate of drug-likeness (QED) is 0.735. The molecule has 0 unspecified atom stereocenters. The molecule has 0 radical (unpaired) electrons. The summed E-state index contributed by atoms with van der Waals surface area (Å²) in [7, 11) is 0. The highest BCUT2D eigenvalue weighted by Crippen LogP contribution is 2.11. The van der Waals surface area contributed by atoms with E-state index in [0.29, 0.717) is 18.9 Å². The van der Waals surface area contributed by atoms with Gasteiger partial charge < -0.3 is 15.6 Å². The highest BCUT2D eigenvalue weighted by molar-refractivity contribution is 5.93. The second kappa shape index (κ2) is 5.30. The van der Waals surface area contributed by atoms with E-state index in [2.05, 4.69) is 9.97 Å². The monoisotopic (exact) mass is 250 g/mol. The van der Waals surface area contributed by atoms with E-state index in [4.69, 9.17) is 5.73 Å². The molecule has 1 aliphatic rings. The zero-order valence-corrected chi connectivity index (χ0v) is 10.5. The zero-order valence-electron chi connectivity index (χ0n) is 10.5. The van der Waals surface area contributed by atoms with Crippen LogP contribution in [-0.4, -0.2) is 39.9 Å². The van der Waals surface area contributed by atoms with Gasteiger partial charge in [0.2, 0.25) is 0 Å². The zero-order chi connectivity index (χ0) is 13.1. The van der Waals surface area contributed by atoms with Gasteiger partial charge in [0.15, 0.2) is 0 Å². The molecule has 1 atom stereocenters. The number of nitrogens with zero attached hydrogens (tertiary/aromatic N) is 2. The van der Waals surface area contributed by atoms with Crippen LogP contribution in [0.15, 0.2) is 11.0 Å². The van der Waals surface area contributed by atoms with Crippen LogP contribution in [-0.2, 0) is 0 Å². The molecule has 0 saturated carbocycles. The third-order valence-corrected chi connectivity index (χ3v) is 3.22. The van der Waals surface area contributed by atoms with Crippen molar-refractivity contribution >= 4 is 5.91 Å². The molecule has 2 rings (SSSR count). The van der Waals surface area contributed by atoms with E-state index in [1.54, 1.807) is 11.8 Å². The maximum atomic E-state index is 12.2. The van der Waals surface area contributed by atoms with E-state index < -0.39 is 0 Å². The lowest BCUT2D eigenvalue weighted by Crippen LogP contribution is -2.36. The predicted molar refractivity (Wildman–Crippen MR) is 67.3 cm³/mol. The molecule has 1 aromatic heterocycles. The number of amides is 1. The number of carbonyl (C=O) groups is 1. The molecule has 98 valence electrons. The summed E-state index contributed by atoms with van der Waals surface area (Å²) < 4.78 is 0. The summed E-state index contributed by atoms with van der Waals surface area (Å²) in [6, 6.07) is 0.150. The summed E-state index contributed by atoms with van der Waals surface area (Å²) in [5, 5.41) is 0. The SMILES string of the molecule is Cc1ncc(C(=O)N2CCC[C@@H](N)CC2)c(=O)[nH]1. The van der Waals surface area contributed by atoms with Crippen LogP contribution in [0.2, 0.25) is 0 Å². The van der Waals surface area contributed by atoms with Gasteiger partial charge in [-0.2, -0.15) is 0 Å². The molecule has 0 aromatic carbocycles. The molecule has 0 aliphatic carbocycles. The molecule has 1 aliphatic heterocycles. The molecule has 18 heavy (non-hydrogen) atoms. The van der Waals surface area contributed by atoms with E-state index in [1.165, 1.54) is 6.20 Å². The first kappa shape index (κ1) is 12.8. The fourth-order valence-corrected chi connectivity index (χ4v) is 2.13. The molecule has 6 heteroatoms. The van der Waals surface area contributed by atoms with Gasteiger partial charge in [0.25, 0.3) is 11.5 Å². The Kier molecular flexibility index (Phi) is 3.76. The number of hydrogen-bond donors (Lipinski definition) is 2. The van der Waals surface area contributed by atoms with Crippen molar-refractivity contribution in [2.24, 2.45) is 5.73 Å². The number of aryl methyl sites for hydroxylation is 1. The number of rotatable bonds is 1. The fraction of sp³-hybridized carbons (Fsp3) is 0.583. The lowest BCUT2D eigenvalue weighted by atomic mass is 10.1. The van der Waals surface area contributed by atoms with Gasteiger partial charge >= 0.3 is 0 Å². The van der Waals surface area contributed by atoms with Crippen molar-refractivity contribution < 1.29 is 4.79 Å². The maximum Gasteiger partial charge on any atom is 0.263 e. The van der Waals surface area contributed by atoms with Gasteiger partial charge in [-0.1, -0.05) is 0 Å². The minimum absolute atomic E-state index is 0.107. The van der Waals surface area contributed by atoms with Crippen molar-refractivity contribution in [3.05, 3.63) is 27.9 Å². The standard InChI is InChI=1S/C12H18N4O2/c1-8-14-7-10(11(17)15-8)12(18)16-5-2-3-9(13)4-6-16/h7,9H,2-6,13H2,1H3,(H,14,15,17)/t9-/m1/s1. The Hall–Kier alpha value is -1.69. The third kappa shape index (κ3) is 2.76. The predicted octanol–water partition coefficient (Wildman–Crippen LogP) is 0.0317. The Balaban J connectivity index is 2.17. The molecule has 6 nitrogen and oxygen atoms in total. The van der Waals surface area contributed by atoms with Crippen molar-refractivity contribution in [3.63, 3.8) is 0 Å². The third-order valence-electron chi connectivity index (χ3n) is 3.22. The van der Waals surface area contributed by atoms with Crippen LogP contribution >= 0.6 is 0 Å². The number of hydrogen-bond acceptors (Lipinski definition) is 4. The highest BCUT2D eigenvalue weighted by atomic mass is 16.2. The van der Waals surface area contributed by atoms with Crippen LogP contribution in [0.25, 0.3) is 0 Å². The smallest absolute Gasteiger partial charge is 0.263 e. The fourth-order valence-electron chi connectivity index (χ4n) is 2.13. The van der Waals surface area contributed by atoms with Crippen molar-refractivity contribution in [2.45, 2.75) is 32.2 Å². The molecular formula is C12H18N4O2. The number of aromatic nitrogens is 2. The van der Waals surface area contributed by atoms with Gasteiger partial charge in [0.05, 0.1) is 0 Å². The maximum absolute atomic E-state index is 12.2. The van der Waals surface area contributed by atoms with Gasteiger partial charge in [-0.3, -0.25) is 9.59 Å². The summed E-state index contributed by atoms with van der Waals surface area (Å²) in [6.45, 7) is 2.94. The minimum Gasteiger partial charge on any atom is -0.338 e. The van der Waals surface area contributed by atoms with Crippen molar-refractivity contribution in [3.8, 4) is 0 Å². The Bertz CT molecular complexity index is 497. The molecule has 1 amide bonds. The second-order valence-corrected chi connectivity index (χ2v) is 4.69. The van der Waals surface area contributed by atoms with Crippen LogP contribution in [0, 0.1) is 6.92 Å². The molecule has 3 N–H and O–H groups in total. The second-order valence-electron chi connectivity index (χ2n) is 4.69. The van der Waals surface area contributed by atoms with Gasteiger partial charge in [0.1, 0.15) is 11.4 Å². The normalized spacial score (nSPS) is 20.6. The average Bonchev–Trinajstić information content (AvgIpc) is 2.53. The van der Waals surface area contributed by atoms with E-state index in [0.717, 1.165) is 19.3 Å². The minimum atomic E-state index is -0.374. The largest absolute Gasteiger partial charge is 0.338 e. The number of likely N-dealkylation sites (tertiary alicyclic amines) is 1. The van der Waals surface area contributed by atoms with Crippen molar-refractivity contribution in [2.75, 3.05) is 13.1 Å². The average molecular weight is 250 g/mol.